The Bertz CT molecular complexity index is 487. The third-order valence-electron chi connectivity index (χ3n) is 2.58. The topological polar surface area (TPSA) is 56.7 Å². The van der Waals surface area contributed by atoms with Crippen molar-refractivity contribution >= 4 is 15.9 Å². The van der Waals surface area contributed by atoms with Crippen LogP contribution in [0, 0.1) is 6.92 Å². The Hall–Kier alpha value is -1.20. The summed E-state index contributed by atoms with van der Waals surface area (Å²) in [5.41, 5.74) is 9.11. The van der Waals surface area contributed by atoms with E-state index in [1.165, 1.54) is 0 Å². The van der Waals surface area contributed by atoms with E-state index >= 15 is 0 Å². The maximum Gasteiger partial charge on any atom is 0.0911 e. The minimum atomic E-state index is -0.261. The van der Waals surface area contributed by atoms with E-state index in [0.717, 1.165) is 21.4 Å². The van der Waals surface area contributed by atoms with E-state index in [-0.39, 0.29) is 6.04 Å². The van der Waals surface area contributed by atoms with Gasteiger partial charge in [0.15, 0.2) is 0 Å². The lowest BCUT2D eigenvalue weighted by Crippen LogP contribution is -2.18. The molecule has 0 amide bonds. The summed E-state index contributed by atoms with van der Waals surface area (Å²) in [6, 6.07) is 3.65. The Morgan fingerprint density at radius 3 is 2.81 bits per heavy atom. The van der Waals surface area contributed by atoms with Gasteiger partial charge >= 0.3 is 0 Å². The number of hydrogen-bond donors (Lipinski definition) is 1. The summed E-state index contributed by atoms with van der Waals surface area (Å²) in [5.74, 6) is 0. The quantitative estimate of drug-likeness (QED) is 0.915. The second kappa shape index (κ2) is 4.35. The van der Waals surface area contributed by atoms with Crippen LogP contribution in [-0.4, -0.2) is 14.8 Å². The van der Waals surface area contributed by atoms with E-state index in [0.29, 0.717) is 0 Å². The molecule has 84 valence electrons. The van der Waals surface area contributed by atoms with E-state index in [4.69, 9.17) is 5.73 Å². The van der Waals surface area contributed by atoms with Crippen LogP contribution in [0.3, 0.4) is 0 Å². The van der Waals surface area contributed by atoms with Gasteiger partial charge in [-0.1, -0.05) is 6.07 Å². The fourth-order valence-corrected chi connectivity index (χ4v) is 2.32. The standard InChI is InChI=1S/C11H13BrN4/c1-7-4-3-5-14-10(7)9(13)11-8(12)6-15-16(11)2/h3-6,9H,13H2,1-2H3. The van der Waals surface area contributed by atoms with Crippen LogP contribution in [0.4, 0.5) is 0 Å². The van der Waals surface area contributed by atoms with Gasteiger partial charge in [0.1, 0.15) is 0 Å². The zero-order valence-corrected chi connectivity index (χ0v) is 10.8. The highest BCUT2D eigenvalue weighted by Gasteiger charge is 2.19. The van der Waals surface area contributed by atoms with Gasteiger partial charge in [0.2, 0.25) is 0 Å². The molecule has 2 aromatic heterocycles. The van der Waals surface area contributed by atoms with Crippen LogP contribution < -0.4 is 5.73 Å². The molecule has 1 unspecified atom stereocenters. The lowest BCUT2D eigenvalue weighted by Gasteiger charge is -2.14. The lowest BCUT2D eigenvalue weighted by molar-refractivity contribution is 0.659. The van der Waals surface area contributed by atoms with Crippen molar-refractivity contribution in [1.29, 1.82) is 0 Å². The van der Waals surface area contributed by atoms with Crippen molar-refractivity contribution in [2.24, 2.45) is 12.8 Å². The predicted molar refractivity (Wildman–Crippen MR) is 65.9 cm³/mol. The summed E-state index contributed by atoms with van der Waals surface area (Å²) in [6.45, 7) is 2.01. The number of nitrogens with zero attached hydrogens (tertiary/aromatic N) is 3. The van der Waals surface area contributed by atoms with Crippen LogP contribution in [0.1, 0.15) is 23.0 Å². The van der Waals surface area contributed by atoms with Crippen molar-refractivity contribution in [1.82, 2.24) is 14.8 Å². The van der Waals surface area contributed by atoms with E-state index in [9.17, 15) is 0 Å². The molecule has 5 heteroatoms. The summed E-state index contributed by atoms with van der Waals surface area (Å²) < 4.78 is 2.68. The van der Waals surface area contributed by atoms with Crippen LogP contribution in [-0.2, 0) is 7.05 Å². The highest BCUT2D eigenvalue weighted by Crippen LogP contribution is 2.26. The van der Waals surface area contributed by atoms with Crippen LogP contribution >= 0.6 is 15.9 Å². The van der Waals surface area contributed by atoms with Gasteiger partial charge in [0.05, 0.1) is 28.1 Å². The van der Waals surface area contributed by atoms with Gasteiger partial charge in [0.25, 0.3) is 0 Å². The van der Waals surface area contributed by atoms with Gasteiger partial charge in [-0.2, -0.15) is 5.10 Å². The third kappa shape index (κ3) is 1.88. The summed E-state index contributed by atoms with van der Waals surface area (Å²) in [6.07, 6.45) is 3.50. The number of pyridine rings is 1. The van der Waals surface area contributed by atoms with Gasteiger partial charge in [-0.05, 0) is 34.5 Å². The number of hydrogen-bond acceptors (Lipinski definition) is 3. The normalized spacial score (nSPS) is 12.8. The zero-order valence-electron chi connectivity index (χ0n) is 9.18. The first-order valence-corrected chi connectivity index (χ1v) is 5.75. The molecule has 2 heterocycles. The number of halogens is 1. The highest BCUT2D eigenvalue weighted by atomic mass is 79.9. The lowest BCUT2D eigenvalue weighted by atomic mass is 10.1. The minimum Gasteiger partial charge on any atom is -0.318 e. The second-order valence-electron chi connectivity index (χ2n) is 3.68. The maximum absolute atomic E-state index is 6.21. The van der Waals surface area contributed by atoms with E-state index in [1.807, 2.05) is 26.1 Å². The molecular weight excluding hydrogens is 268 g/mol. The summed E-state index contributed by atoms with van der Waals surface area (Å²) in [5, 5.41) is 4.15. The average Bonchev–Trinajstić information content (AvgIpc) is 2.58. The molecule has 2 rings (SSSR count). The first-order chi connectivity index (χ1) is 7.61. The van der Waals surface area contributed by atoms with Crippen molar-refractivity contribution in [3.8, 4) is 0 Å². The number of nitrogens with two attached hydrogens (primary N) is 1. The Kier molecular flexibility index (Phi) is 3.07. The van der Waals surface area contributed by atoms with Crippen LogP contribution in [0.5, 0.6) is 0 Å². The minimum absolute atomic E-state index is 0.261. The van der Waals surface area contributed by atoms with Gasteiger partial charge in [0, 0.05) is 13.2 Å². The first-order valence-electron chi connectivity index (χ1n) is 4.95. The molecule has 0 fully saturated rings. The largest absolute Gasteiger partial charge is 0.318 e. The molecule has 0 saturated heterocycles. The molecule has 0 bridgehead atoms. The summed E-state index contributed by atoms with van der Waals surface area (Å²) >= 11 is 3.45. The third-order valence-corrected chi connectivity index (χ3v) is 3.19. The molecule has 16 heavy (non-hydrogen) atoms. The second-order valence-corrected chi connectivity index (χ2v) is 4.54. The molecule has 0 aliphatic carbocycles. The van der Waals surface area contributed by atoms with Gasteiger partial charge in [-0.3, -0.25) is 9.67 Å². The number of rotatable bonds is 2. The fraction of sp³-hybridized carbons (Fsp3) is 0.273. The van der Waals surface area contributed by atoms with Gasteiger partial charge in [-0.25, -0.2) is 0 Å². The van der Waals surface area contributed by atoms with Crippen LogP contribution in [0.2, 0.25) is 0 Å². The Labute approximate surface area is 103 Å². The molecule has 0 aliphatic heterocycles. The van der Waals surface area contributed by atoms with Crippen LogP contribution in [0.15, 0.2) is 29.0 Å². The Morgan fingerprint density at radius 1 is 1.50 bits per heavy atom. The molecule has 0 aromatic carbocycles. The van der Waals surface area contributed by atoms with Gasteiger partial charge < -0.3 is 5.73 Å². The van der Waals surface area contributed by atoms with Crippen molar-refractivity contribution < 1.29 is 0 Å². The predicted octanol–water partition coefficient (Wildman–Crippen LogP) is 1.93. The van der Waals surface area contributed by atoms with Crippen LogP contribution in [0.25, 0.3) is 0 Å². The van der Waals surface area contributed by atoms with Crippen molar-refractivity contribution in [3.05, 3.63) is 46.0 Å². The van der Waals surface area contributed by atoms with Crippen molar-refractivity contribution in [3.63, 3.8) is 0 Å². The van der Waals surface area contributed by atoms with E-state index < -0.39 is 0 Å². The maximum atomic E-state index is 6.21. The molecule has 4 nitrogen and oxygen atoms in total. The molecule has 0 aliphatic rings. The molecule has 0 spiro atoms. The molecular formula is C11H13BrN4. The number of aryl methyl sites for hydroxylation is 2. The Balaban J connectivity index is 2.47. The molecule has 0 radical (unpaired) electrons. The highest BCUT2D eigenvalue weighted by molar-refractivity contribution is 9.10. The number of aromatic nitrogens is 3. The Morgan fingerprint density at radius 2 is 2.25 bits per heavy atom. The molecule has 0 saturated carbocycles. The fourth-order valence-electron chi connectivity index (χ4n) is 1.72. The smallest absolute Gasteiger partial charge is 0.0911 e. The molecule has 2 aromatic rings. The average molecular weight is 281 g/mol. The van der Waals surface area contributed by atoms with Crippen molar-refractivity contribution in [2.45, 2.75) is 13.0 Å². The van der Waals surface area contributed by atoms with Gasteiger partial charge in [-0.15, -0.1) is 0 Å². The van der Waals surface area contributed by atoms with Crippen molar-refractivity contribution in [2.75, 3.05) is 0 Å². The zero-order chi connectivity index (χ0) is 11.7. The molecule has 1 atom stereocenters. The SMILES string of the molecule is Cc1cccnc1C(N)c1c(Br)cnn1C. The van der Waals surface area contributed by atoms with E-state index in [1.54, 1.807) is 17.1 Å². The summed E-state index contributed by atoms with van der Waals surface area (Å²) in [7, 11) is 1.87. The molecule has 2 N–H and O–H groups in total. The first kappa shape index (κ1) is 11.3. The summed E-state index contributed by atoms with van der Waals surface area (Å²) in [4.78, 5) is 4.33. The van der Waals surface area contributed by atoms with E-state index in [2.05, 4.69) is 26.0 Å². The monoisotopic (exact) mass is 280 g/mol.